The van der Waals surface area contributed by atoms with Gasteiger partial charge in [0.1, 0.15) is 0 Å². The smallest absolute Gasteiger partial charge is 0.0462 e. The normalized spacial score (nSPS) is 23.7. The zero-order valence-corrected chi connectivity index (χ0v) is 13.3. The molecule has 19 heavy (non-hydrogen) atoms. The molecule has 0 radical (unpaired) electrons. The van der Waals surface area contributed by atoms with Crippen LogP contribution in [0.5, 0.6) is 0 Å². The lowest BCUT2D eigenvalue weighted by molar-refractivity contribution is 0.0984. The summed E-state index contributed by atoms with van der Waals surface area (Å²) in [6.07, 6.45) is 4.85. The van der Waals surface area contributed by atoms with Gasteiger partial charge in [-0.15, -0.1) is 0 Å². The monoisotopic (exact) mass is 271 g/mol. The molecule has 1 saturated heterocycles. The molecule has 1 rings (SSSR count). The molecule has 114 valence electrons. The van der Waals surface area contributed by atoms with Crippen molar-refractivity contribution in [3.8, 4) is 0 Å². The topological polar surface area (TPSA) is 27.7 Å². The average Bonchev–Trinajstić information content (AvgIpc) is 2.40. The highest BCUT2D eigenvalue weighted by molar-refractivity contribution is 4.83. The van der Waals surface area contributed by atoms with E-state index in [4.69, 9.17) is 4.74 Å². The molecule has 0 aromatic heterocycles. The standard InChI is InChI=1S/C15H33N3O/c1-5-8-16-14(7-6-11-19-4)12-15-13-17(2)9-10-18(15)3/h14-16H,5-13H2,1-4H3. The van der Waals surface area contributed by atoms with Crippen LogP contribution in [-0.4, -0.2) is 75.9 Å². The van der Waals surface area contributed by atoms with E-state index in [-0.39, 0.29) is 0 Å². The highest BCUT2D eigenvalue weighted by atomic mass is 16.5. The second kappa shape index (κ2) is 9.70. The molecule has 1 aliphatic rings. The van der Waals surface area contributed by atoms with Crippen LogP contribution in [0, 0.1) is 0 Å². The Morgan fingerprint density at radius 3 is 2.79 bits per heavy atom. The summed E-state index contributed by atoms with van der Waals surface area (Å²) < 4.78 is 5.18. The van der Waals surface area contributed by atoms with Gasteiger partial charge in [-0.25, -0.2) is 0 Å². The number of piperazine rings is 1. The van der Waals surface area contributed by atoms with Crippen molar-refractivity contribution in [2.45, 2.75) is 44.7 Å². The van der Waals surface area contributed by atoms with Gasteiger partial charge >= 0.3 is 0 Å². The van der Waals surface area contributed by atoms with E-state index in [1.807, 2.05) is 0 Å². The van der Waals surface area contributed by atoms with Crippen LogP contribution in [0.3, 0.4) is 0 Å². The molecule has 1 heterocycles. The van der Waals surface area contributed by atoms with Gasteiger partial charge < -0.3 is 19.9 Å². The Labute approximate surface area is 119 Å². The van der Waals surface area contributed by atoms with Crippen LogP contribution >= 0.6 is 0 Å². The third-order valence-corrected chi connectivity index (χ3v) is 4.12. The van der Waals surface area contributed by atoms with Crippen molar-refractivity contribution in [2.75, 3.05) is 54.0 Å². The molecule has 1 aliphatic heterocycles. The summed E-state index contributed by atoms with van der Waals surface area (Å²) in [4.78, 5) is 4.98. The number of hydrogen-bond acceptors (Lipinski definition) is 4. The van der Waals surface area contributed by atoms with Crippen LogP contribution in [0.25, 0.3) is 0 Å². The number of methoxy groups -OCH3 is 1. The van der Waals surface area contributed by atoms with Gasteiger partial charge in [-0.05, 0) is 46.3 Å². The fourth-order valence-corrected chi connectivity index (χ4v) is 2.81. The molecule has 0 amide bonds. The minimum absolute atomic E-state index is 0.633. The maximum absolute atomic E-state index is 5.18. The Balaban J connectivity index is 2.39. The van der Waals surface area contributed by atoms with Gasteiger partial charge in [0, 0.05) is 45.4 Å². The largest absolute Gasteiger partial charge is 0.385 e. The zero-order chi connectivity index (χ0) is 14.1. The summed E-state index contributed by atoms with van der Waals surface area (Å²) in [6, 6.07) is 1.32. The molecule has 4 nitrogen and oxygen atoms in total. The van der Waals surface area contributed by atoms with Gasteiger partial charge in [0.05, 0.1) is 0 Å². The third-order valence-electron chi connectivity index (χ3n) is 4.12. The summed E-state index contributed by atoms with van der Waals surface area (Å²) in [5.74, 6) is 0. The first kappa shape index (κ1) is 16.9. The zero-order valence-electron chi connectivity index (χ0n) is 13.3. The first-order valence-electron chi connectivity index (χ1n) is 7.78. The molecule has 0 bridgehead atoms. The SMILES string of the molecule is CCCNC(CCCOC)CC1CN(C)CCN1C. The minimum atomic E-state index is 0.633. The first-order chi connectivity index (χ1) is 9.17. The van der Waals surface area contributed by atoms with E-state index in [1.165, 1.54) is 38.9 Å². The highest BCUT2D eigenvalue weighted by Crippen LogP contribution is 2.14. The number of hydrogen-bond donors (Lipinski definition) is 1. The molecule has 0 aromatic rings. The van der Waals surface area contributed by atoms with E-state index in [2.05, 4.69) is 36.1 Å². The van der Waals surface area contributed by atoms with Gasteiger partial charge in [-0.3, -0.25) is 0 Å². The molecule has 2 atom stereocenters. The van der Waals surface area contributed by atoms with Crippen molar-refractivity contribution >= 4 is 0 Å². The molecular formula is C15H33N3O. The molecule has 0 spiro atoms. The average molecular weight is 271 g/mol. The lowest BCUT2D eigenvalue weighted by Crippen LogP contribution is -2.52. The fraction of sp³-hybridized carbons (Fsp3) is 1.00. The number of ether oxygens (including phenoxy) is 1. The van der Waals surface area contributed by atoms with Crippen molar-refractivity contribution in [1.82, 2.24) is 15.1 Å². The summed E-state index contributed by atoms with van der Waals surface area (Å²) in [6.45, 7) is 7.84. The Bertz CT molecular complexity index is 225. The predicted molar refractivity (Wildman–Crippen MR) is 81.7 cm³/mol. The van der Waals surface area contributed by atoms with Crippen molar-refractivity contribution in [3.05, 3.63) is 0 Å². The van der Waals surface area contributed by atoms with E-state index >= 15 is 0 Å². The van der Waals surface area contributed by atoms with E-state index in [0.717, 1.165) is 19.6 Å². The summed E-state index contributed by atoms with van der Waals surface area (Å²) in [7, 11) is 6.29. The van der Waals surface area contributed by atoms with Gasteiger partial charge in [0.15, 0.2) is 0 Å². The van der Waals surface area contributed by atoms with E-state index in [0.29, 0.717) is 12.1 Å². The quantitative estimate of drug-likeness (QED) is 0.642. The van der Waals surface area contributed by atoms with Crippen LogP contribution in [0.2, 0.25) is 0 Å². The lowest BCUT2D eigenvalue weighted by Gasteiger charge is -2.39. The molecule has 4 heteroatoms. The Kier molecular flexibility index (Phi) is 8.62. The van der Waals surface area contributed by atoms with Crippen LogP contribution < -0.4 is 5.32 Å². The number of nitrogens with one attached hydrogen (secondary N) is 1. The minimum Gasteiger partial charge on any atom is -0.385 e. The van der Waals surface area contributed by atoms with Gasteiger partial charge in [0.2, 0.25) is 0 Å². The van der Waals surface area contributed by atoms with E-state index in [9.17, 15) is 0 Å². The Morgan fingerprint density at radius 2 is 2.11 bits per heavy atom. The summed E-state index contributed by atoms with van der Waals surface area (Å²) >= 11 is 0. The van der Waals surface area contributed by atoms with Crippen molar-refractivity contribution in [2.24, 2.45) is 0 Å². The molecular weight excluding hydrogens is 238 g/mol. The van der Waals surface area contributed by atoms with Crippen LogP contribution in [0.15, 0.2) is 0 Å². The van der Waals surface area contributed by atoms with Crippen molar-refractivity contribution in [3.63, 3.8) is 0 Å². The van der Waals surface area contributed by atoms with Crippen molar-refractivity contribution < 1.29 is 4.74 Å². The van der Waals surface area contributed by atoms with Gasteiger partial charge in [-0.1, -0.05) is 6.92 Å². The maximum Gasteiger partial charge on any atom is 0.0462 e. The molecule has 0 aromatic carbocycles. The number of rotatable bonds is 9. The van der Waals surface area contributed by atoms with Gasteiger partial charge in [0.25, 0.3) is 0 Å². The van der Waals surface area contributed by atoms with Gasteiger partial charge in [-0.2, -0.15) is 0 Å². The molecule has 0 saturated carbocycles. The Morgan fingerprint density at radius 1 is 1.32 bits per heavy atom. The van der Waals surface area contributed by atoms with Crippen LogP contribution in [0.1, 0.15) is 32.6 Å². The first-order valence-corrected chi connectivity index (χ1v) is 7.78. The molecule has 1 fully saturated rings. The van der Waals surface area contributed by atoms with Crippen LogP contribution in [-0.2, 0) is 4.74 Å². The fourth-order valence-electron chi connectivity index (χ4n) is 2.81. The van der Waals surface area contributed by atoms with E-state index < -0.39 is 0 Å². The number of likely N-dealkylation sites (N-methyl/N-ethyl adjacent to an activating group) is 2. The molecule has 0 aliphatic carbocycles. The molecule has 2 unspecified atom stereocenters. The number of nitrogens with zero attached hydrogens (tertiary/aromatic N) is 2. The molecule has 1 N–H and O–H groups in total. The van der Waals surface area contributed by atoms with Crippen molar-refractivity contribution in [1.29, 1.82) is 0 Å². The Hall–Kier alpha value is -0.160. The highest BCUT2D eigenvalue weighted by Gasteiger charge is 2.24. The summed E-state index contributed by atoms with van der Waals surface area (Å²) in [5, 5.41) is 3.71. The lowest BCUT2D eigenvalue weighted by atomic mass is 9.99. The van der Waals surface area contributed by atoms with E-state index in [1.54, 1.807) is 7.11 Å². The van der Waals surface area contributed by atoms with Crippen LogP contribution in [0.4, 0.5) is 0 Å². The maximum atomic E-state index is 5.18. The summed E-state index contributed by atoms with van der Waals surface area (Å²) in [5.41, 5.74) is 0. The second-order valence-electron chi connectivity index (χ2n) is 5.92. The second-order valence-corrected chi connectivity index (χ2v) is 5.92. The third kappa shape index (κ3) is 6.70. The predicted octanol–water partition coefficient (Wildman–Crippen LogP) is 1.42.